The van der Waals surface area contributed by atoms with Crippen molar-refractivity contribution in [1.82, 2.24) is 10.6 Å². The number of hydrogen-bond donors (Lipinski definition) is 2. The van der Waals surface area contributed by atoms with Crippen LogP contribution in [0.1, 0.15) is 20.9 Å². The predicted molar refractivity (Wildman–Crippen MR) is 113 cm³/mol. The molecule has 1 aromatic carbocycles. The van der Waals surface area contributed by atoms with E-state index in [1.54, 1.807) is 18.4 Å². The number of guanidine groups is 1. The number of thiophene rings is 1. The molecule has 2 aromatic rings. The highest BCUT2D eigenvalue weighted by molar-refractivity contribution is 14.0. The Hall–Kier alpha value is -1.39. The van der Waals surface area contributed by atoms with Crippen LogP contribution < -0.4 is 15.4 Å². The summed E-state index contributed by atoms with van der Waals surface area (Å²) < 4.78 is 24.5. The van der Waals surface area contributed by atoms with Gasteiger partial charge in [0.05, 0.1) is 13.2 Å². The van der Waals surface area contributed by atoms with E-state index in [9.17, 15) is 4.39 Å². The van der Waals surface area contributed by atoms with Crippen molar-refractivity contribution in [2.75, 3.05) is 20.4 Å². The van der Waals surface area contributed by atoms with Gasteiger partial charge in [0, 0.05) is 28.9 Å². The van der Waals surface area contributed by atoms with E-state index in [0.717, 1.165) is 29.4 Å². The first-order valence-corrected chi connectivity index (χ1v) is 8.99. The van der Waals surface area contributed by atoms with Crippen LogP contribution >= 0.6 is 35.3 Å². The highest BCUT2D eigenvalue weighted by Gasteiger charge is 2.16. The topological polar surface area (TPSA) is 54.9 Å². The van der Waals surface area contributed by atoms with Crippen molar-refractivity contribution in [1.29, 1.82) is 0 Å². The molecule has 0 amide bonds. The Labute approximate surface area is 174 Å². The van der Waals surface area contributed by atoms with Crippen molar-refractivity contribution in [3.8, 4) is 5.75 Å². The van der Waals surface area contributed by atoms with E-state index in [4.69, 9.17) is 9.47 Å². The molecule has 1 aromatic heterocycles. The average molecular weight is 491 g/mol. The Balaban J connectivity index is 0.00000243. The maximum Gasteiger partial charge on any atom is 0.191 e. The quantitative estimate of drug-likeness (QED) is 0.382. The van der Waals surface area contributed by atoms with E-state index in [-0.39, 0.29) is 36.6 Å². The molecule has 0 aliphatic carbocycles. The van der Waals surface area contributed by atoms with Crippen LogP contribution in [-0.4, -0.2) is 26.3 Å². The number of aliphatic imine (C=N–C) groups is 1. The van der Waals surface area contributed by atoms with Gasteiger partial charge >= 0.3 is 0 Å². The molecule has 26 heavy (non-hydrogen) atoms. The number of rotatable bonds is 5. The van der Waals surface area contributed by atoms with Crippen LogP contribution in [0.15, 0.2) is 29.3 Å². The van der Waals surface area contributed by atoms with E-state index in [2.05, 4.69) is 34.7 Å². The van der Waals surface area contributed by atoms with Crippen molar-refractivity contribution in [2.45, 2.75) is 26.5 Å². The molecule has 3 rings (SSSR count). The minimum Gasteiger partial charge on any atom is -0.467 e. The minimum atomic E-state index is -0.265. The third-order valence-corrected chi connectivity index (χ3v) is 4.89. The Kier molecular flexibility index (Phi) is 8.11. The summed E-state index contributed by atoms with van der Waals surface area (Å²) in [5.74, 6) is 1.20. The van der Waals surface area contributed by atoms with Crippen molar-refractivity contribution < 1.29 is 13.9 Å². The second kappa shape index (κ2) is 10.1. The van der Waals surface area contributed by atoms with Crippen LogP contribution in [0.4, 0.5) is 4.39 Å². The number of hydrogen-bond acceptors (Lipinski definition) is 4. The second-order valence-electron chi connectivity index (χ2n) is 5.78. The van der Waals surface area contributed by atoms with E-state index in [0.29, 0.717) is 19.6 Å². The predicted octanol–water partition coefficient (Wildman–Crippen LogP) is 3.59. The normalized spacial score (nSPS) is 13.4. The standard InChI is InChI=1S/C18H22FN3O2S.HI/c1-12-3-4-16(25-12)9-22-18(20-2)21-6-5-13-7-15(19)8-14-10-23-11-24-17(13)14;/h3-4,7-8H,5-6,9-11H2,1-2H3,(H2,20,21,22);1H. The Morgan fingerprint density at radius 1 is 1.31 bits per heavy atom. The molecule has 0 spiro atoms. The highest BCUT2D eigenvalue weighted by atomic mass is 127. The van der Waals surface area contributed by atoms with Gasteiger partial charge in [-0.25, -0.2) is 4.39 Å². The van der Waals surface area contributed by atoms with Crippen LogP contribution in [0.25, 0.3) is 0 Å². The molecule has 0 bridgehead atoms. The Morgan fingerprint density at radius 3 is 2.88 bits per heavy atom. The molecule has 0 fully saturated rings. The van der Waals surface area contributed by atoms with Gasteiger partial charge in [-0.2, -0.15) is 0 Å². The van der Waals surface area contributed by atoms with E-state index in [1.807, 2.05) is 0 Å². The molecule has 1 aliphatic rings. The monoisotopic (exact) mass is 491 g/mol. The van der Waals surface area contributed by atoms with Crippen LogP contribution in [0.3, 0.4) is 0 Å². The molecule has 2 N–H and O–H groups in total. The lowest BCUT2D eigenvalue weighted by Crippen LogP contribution is -2.37. The van der Waals surface area contributed by atoms with Gasteiger partial charge in [-0.15, -0.1) is 35.3 Å². The second-order valence-corrected chi connectivity index (χ2v) is 7.15. The highest BCUT2D eigenvalue weighted by Crippen LogP contribution is 2.29. The lowest BCUT2D eigenvalue weighted by molar-refractivity contribution is -0.0172. The fraction of sp³-hybridized carbons (Fsp3) is 0.389. The first kappa shape index (κ1) is 20.9. The number of nitrogens with one attached hydrogen (secondary N) is 2. The van der Waals surface area contributed by atoms with Crippen LogP contribution in [0, 0.1) is 12.7 Å². The van der Waals surface area contributed by atoms with Gasteiger partial charge in [-0.1, -0.05) is 0 Å². The summed E-state index contributed by atoms with van der Waals surface area (Å²) in [7, 11) is 1.74. The molecular formula is C18H23FIN3O2S. The minimum absolute atomic E-state index is 0. The zero-order valence-corrected chi connectivity index (χ0v) is 17.9. The van der Waals surface area contributed by atoms with Gasteiger partial charge < -0.3 is 20.1 Å². The molecular weight excluding hydrogens is 468 g/mol. The molecule has 5 nitrogen and oxygen atoms in total. The van der Waals surface area contributed by atoms with Gasteiger partial charge in [-0.3, -0.25) is 4.99 Å². The van der Waals surface area contributed by atoms with Gasteiger partial charge in [0.2, 0.25) is 0 Å². The van der Waals surface area contributed by atoms with Crippen molar-refractivity contribution in [3.05, 3.63) is 51.0 Å². The zero-order valence-electron chi connectivity index (χ0n) is 14.8. The number of benzene rings is 1. The van der Waals surface area contributed by atoms with Crippen LogP contribution in [-0.2, 0) is 24.3 Å². The first-order chi connectivity index (χ1) is 12.2. The summed E-state index contributed by atoms with van der Waals surface area (Å²) in [4.78, 5) is 6.77. The van der Waals surface area contributed by atoms with E-state index >= 15 is 0 Å². The third kappa shape index (κ3) is 5.55. The number of ether oxygens (including phenoxy) is 2. The van der Waals surface area contributed by atoms with Crippen molar-refractivity contribution in [3.63, 3.8) is 0 Å². The molecule has 0 saturated carbocycles. The molecule has 0 unspecified atom stereocenters. The number of aryl methyl sites for hydroxylation is 1. The molecule has 0 atom stereocenters. The fourth-order valence-corrected chi connectivity index (χ4v) is 3.56. The van der Waals surface area contributed by atoms with E-state index in [1.165, 1.54) is 21.9 Å². The summed E-state index contributed by atoms with van der Waals surface area (Å²) in [6, 6.07) is 7.21. The lowest BCUT2D eigenvalue weighted by atomic mass is 10.1. The molecule has 1 aliphatic heterocycles. The van der Waals surface area contributed by atoms with Gasteiger partial charge in [0.1, 0.15) is 11.6 Å². The summed E-state index contributed by atoms with van der Waals surface area (Å²) in [5.41, 5.74) is 1.60. The maximum absolute atomic E-state index is 13.8. The van der Waals surface area contributed by atoms with Gasteiger partial charge in [-0.05, 0) is 43.2 Å². The fourth-order valence-electron chi connectivity index (χ4n) is 2.73. The van der Waals surface area contributed by atoms with Gasteiger partial charge in [0.25, 0.3) is 0 Å². The number of nitrogens with zero attached hydrogens (tertiary/aromatic N) is 1. The summed E-state index contributed by atoms with van der Waals surface area (Å²) in [6.07, 6.45) is 0.638. The maximum atomic E-state index is 13.8. The summed E-state index contributed by atoms with van der Waals surface area (Å²) >= 11 is 1.76. The van der Waals surface area contributed by atoms with Crippen LogP contribution in [0.5, 0.6) is 5.75 Å². The molecule has 142 valence electrons. The number of fused-ring (bicyclic) bond motifs is 1. The molecule has 8 heteroatoms. The lowest BCUT2D eigenvalue weighted by Gasteiger charge is -2.21. The Bertz CT molecular complexity index is 767. The SMILES string of the molecule is CN=C(NCCc1cc(F)cc2c1OCOC2)NCc1ccc(C)s1.I. The Morgan fingerprint density at radius 2 is 2.15 bits per heavy atom. The summed E-state index contributed by atoms with van der Waals surface area (Å²) in [6.45, 7) is 4.05. The molecule has 0 radical (unpaired) electrons. The van der Waals surface area contributed by atoms with E-state index < -0.39 is 0 Å². The largest absolute Gasteiger partial charge is 0.467 e. The number of halogens is 2. The average Bonchev–Trinajstić information content (AvgIpc) is 3.03. The molecule has 0 saturated heterocycles. The smallest absolute Gasteiger partial charge is 0.191 e. The van der Waals surface area contributed by atoms with Crippen molar-refractivity contribution in [2.24, 2.45) is 4.99 Å². The summed E-state index contributed by atoms with van der Waals surface area (Å²) in [5, 5.41) is 6.54. The van der Waals surface area contributed by atoms with Gasteiger partial charge in [0.15, 0.2) is 12.8 Å². The zero-order chi connectivity index (χ0) is 17.6. The first-order valence-electron chi connectivity index (χ1n) is 8.17. The molecule has 2 heterocycles. The third-order valence-electron chi connectivity index (χ3n) is 3.89. The van der Waals surface area contributed by atoms with Crippen LogP contribution in [0.2, 0.25) is 0 Å². The van der Waals surface area contributed by atoms with Crippen molar-refractivity contribution >= 4 is 41.3 Å².